The number of amides is 1. The molecule has 0 radical (unpaired) electrons. The Morgan fingerprint density at radius 1 is 1.15 bits per heavy atom. The van der Waals surface area contributed by atoms with E-state index in [2.05, 4.69) is 10.6 Å². The lowest BCUT2D eigenvalue weighted by molar-refractivity contribution is -0.114. The molecule has 1 amide bonds. The van der Waals surface area contributed by atoms with Gasteiger partial charge in [-0.1, -0.05) is 35.3 Å². The standard InChI is InChI=1S/C17H19Cl2N3O3S/c1-11-7-8-12(9-15(11)26(24,25)22(2)3)21-16(23)10-20-14-6-4-5-13(18)17(14)19/h4-9,20H,10H2,1-3H3,(H,21,23). The summed E-state index contributed by atoms with van der Waals surface area (Å²) in [6.07, 6.45) is 0. The maximum atomic E-state index is 12.3. The molecule has 2 aromatic rings. The van der Waals surface area contributed by atoms with Gasteiger partial charge >= 0.3 is 0 Å². The fourth-order valence-corrected chi connectivity index (χ4v) is 3.69. The molecule has 2 N–H and O–H groups in total. The third-order valence-electron chi connectivity index (χ3n) is 3.62. The molecule has 0 aliphatic carbocycles. The van der Waals surface area contributed by atoms with Gasteiger partial charge in [-0.05, 0) is 36.8 Å². The van der Waals surface area contributed by atoms with Crippen LogP contribution in [0.1, 0.15) is 5.56 Å². The minimum Gasteiger partial charge on any atom is -0.375 e. The molecule has 0 spiro atoms. The monoisotopic (exact) mass is 415 g/mol. The van der Waals surface area contributed by atoms with E-state index in [1.54, 1.807) is 37.3 Å². The predicted molar refractivity (Wildman–Crippen MR) is 106 cm³/mol. The van der Waals surface area contributed by atoms with E-state index in [4.69, 9.17) is 23.2 Å². The highest BCUT2D eigenvalue weighted by atomic mass is 35.5. The summed E-state index contributed by atoms with van der Waals surface area (Å²) < 4.78 is 25.8. The van der Waals surface area contributed by atoms with Gasteiger partial charge in [-0.15, -0.1) is 0 Å². The molecular formula is C17H19Cl2N3O3S. The van der Waals surface area contributed by atoms with Crippen LogP contribution in [0.4, 0.5) is 11.4 Å². The molecule has 0 saturated carbocycles. The van der Waals surface area contributed by atoms with Crippen molar-refractivity contribution in [3.05, 3.63) is 52.0 Å². The first kappa shape index (κ1) is 20.5. The van der Waals surface area contributed by atoms with E-state index < -0.39 is 10.0 Å². The average molecular weight is 416 g/mol. The van der Waals surface area contributed by atoms with Crippen molar-refractivity contribution in [2.24, 2.45) is 0 Å². The van der Waals surface area contributed by atoms with E-state index in [0.29, 0.717) is 27.0 Å². The van der Waals surface area contributed by atoms with E-state index in [9.17, 15) is 13.2 Å². The van der Waals surface area contributed by atoms with Crippen LogP contribution in [0.5, 0.6) is 0 Å². The molecule has 0 aromatic heterocycles. The Morgan fingerprint density at radius 3 is 2.50 bits per heavy atom. The molecule has 6 nitrogen and oxygen atoms in total. The van der Waals surface area contributed by atoms with Crippen molar-refractivity contribution in [1.82, 2.24) is 4.31 Å². The van der Waals surface area contributed by atoms with Crippen LogP contribution in [0, 0.1) is 6.92 Å². The smallest absolute Gasteiger partial charge is 0.243 e. The number of benzene rings is 2. The minimum absolute atomic E-state index is 0.0519. The number of hydrogen-bond acceptors (Lipinski definition) is 4. The molecule has 0 bridgehead atoms. The van der Waals surface area contributed by atoms with Gasteiger partial charge in [-0.3, -0.25) is 4.79 Å². The Labute approximate surface area is 163 Å². The fraction of sp³-hybridized carbons (Fsp3) is 0.235. The number of hydrogen-bond donors (Lipinski definition) is 2. The molecule has 0 unspecified atom stereocenters. The highest BCUT2D eigenvalue weighted by molar-refractivity contribution is 7.89. The summed E-state index contributed by atoms with van der Waals surface area (Å²) in [6, 6.07) is 9.80. The van der Waals surface area contributed by atoms with Crippen LogP contribution in [0.2, 0.25) is 10.0 Å². The number of nitrogens with one attached hydrogen (secondary N) is 2. The maximum absolute atomic E-state index is 12.3. The van der Waals surface area contributed by atoms with Crippen LogP contribution < -0.4 is 10.6 Å². The van der Waals surface area contributed by atoms with E-state index in [0.717, 1.165) is 4.31 Å². The predicted octanol–water partition coefficient (Wildman–Crippen LogP) is 3.60. The summed E-state index contributed by atoms with van der Waals surface area (Å²) in [7, 11) is -0.683. The minimum atomic E-state index is -3.60. The van der Waals surface area contributed by atoms with Gasteiger partial charge in [-0.2, -0.15) is 0 Å². The number of sulfonamides is 1. The molecule has 0 saturated heterocycles. The molecule has 0 fully saturated rings. The molecule has 0 atom stereocenters. The second-order valence-corrected chi connectivity index (χ2v) is 8.68. The van der Waals surface area contributed by atoms with Crippen LogP contribution in [0.25, 0.3) is 0 Å². The Bertz CT molecular complexity index is 931. The highest BCUT2D eigenvalue weighted by Crippen LogP contribution is 2.29. The van der Waals surface area contributed by atoms with Crippen LogP contribution in [0.15, 0.2) is 41.3 Å². The lowest BCUT2D eigenvalue weighted by Crippen LogP contribution is -2.24. The van der Waals surface area contributed by atoms with Crippen LogP contribution >= 0.6 is 23.2 Å². The third-order valence-corrected chi connectivity index (χ3v) is 6.40. The maximum Gasteiger partial charge on any atom is 0.243 e. The van der Waals surface area contributed by atoms with Gasteiger partial charge in [0.05, 0.1) is 27.2 Å². The topological polar surface area (TPSA) is 78.5 Å². The largest absolute Gasteiger partial charge is 0.375 e. The number of nitrogens with zero attached hydrogens (tertiary/aromatic N) is 1. The first-order valence-electron chi connectivity index (χ1n) is 7.64. The molecule has 2 rings (SSSR count). The zero-order valence-electron chi connectivity index (χ0n) is 14.5. The molecule has 9 heteroatoms. The first-order valence-corrected chi connectivity index (χ1v) is 9.83. The van der Waals surface area contributed by atoms with Gasteiger partial charge in [-0.25, -0.2) is 12.7 Å². The van der Waals surface area contributed by atoms with Crippen molar-refractivity contribution in [2.45, 2.75) is 11.8 Å². The Morgan fingerprint density at radius 2 is 1.85 bits per heavy atom. The molecule has 0 heterocycles. The van der Waals surface area contributed by atoms with E-state index in [-0.39, 0.29) is 17.3 Å². The van der Waals surface area contributed by atoms with Gasteiger partial charge < -0.3 is 10.6 Å². The van der Waals surface area contributed by atoms with Crippen LogP contribution in [-0.4, -0.2) is 39.3 Å². The highest BCUT2D eigenvalue weighted by Gasteiger charge is 2.20. The zero-order valence-corrected chi connectivity index (χ0v) is 16.8. The van der Waals surface area contributed by atoms with Gasteiger partial charge in [0, 0.05) is 19.8 Å². The summed E-state index contributed by atoms with van der Waals surface area (Å²) in [5.74, 6) is -0.349. The SMILES string of the molecule is Cc1ccc(NC(=O)CNc2cccc(Cl)c2Cl)cc1S(=O)(=O)N(C)C. The molecule has 0 aliphatic rings. The van der Waals surface area contributed by atoms with Crippen LogP contribution in [-0.2, 0) is 14.8 Å². The molecular weight excluding hydrogens is 397 g/mol. The summed E-state index contributed by atoms with van der Waals surface area (Å²) in [5, 5.41) is 6.27. The van der Waals surface area contributed by atoms with Crippen molar-refractivity contribution in [1.29, 1.82) is 0 Å². The molecule has 2 aromatic carbocycles. The fourth-order valence-electron chi connectivity index (χ4n) is 2.17. The van der Waals surface area contributed by atoms with Gasteiger partial charge in [0.15, 0.2) is 0 Å². The zero-order chi connectivity index (χ0) is 19.5. The molecule has 26 heavy (non-hydrogen) atoms. The Kier molecular flexibility index (Phi) is 6.52. The number of aryl methyl sites for hydroxylation is 1. The van der Waals surface area contributed by atoms with E-state index in [1.807, 2.05) is 0 Å². The summed E-state index contributed by atoms with van der Waals surface area (Å²) in [6.45, 7) is 1.65. The number of anilines is 2. The molecule has 140 valence electrons. The Hall–Kier alpha value is -1.80. The Balaban J connectivity index is 2.11. The quantitative estimate of drug-likeness (QED) is 0.754. The van der Waals surface area contributed by atoms with Crippen molar-refractivity contribution >= 4 is 50.5 Å². The summed E-state index contributed by atoms with van der Waals surface area (Å²) in [4.78, 5) is 12.3. The second-order valence-electron chi connectivity index (χ2n) is 5.77. The lowest BCUT2D eigenvalue weighted by Gasteiger charge is -2.15. The van der Waals surface area contributed by atoms with E-state index in [1.165, 1.54) is 20.2 Å². The summed E-state index contributed by atoms with van der Waals surface area (Å²) in [5.41, 5.74) is 1.52. The van der Waals surface area contributed by atoms with Crippen molar-refractivity contribution in [2.75, 3.05) is 31.3 Å². The lowest BCUT2D eigenvalue weighted by atomic mass is 10.2. The number of carbonyl (C=O) groups excluding carboxylic acids is 1. The second kappa shape index (κ2) is 8.26. The number of rotatable bonds is 6. The normalized spacial score (nSPS) is 11.5. The van der Waals surface area contributed by atoms with Crippen molar-refractivity contribution in [3.63, 3.8) is 0 Å². The van der Waals surface area contributed by atoms with Crippen molar-refractivity contribution in [3.8, 4) is 0 Å². The number of carbonyl (C=O) groups is 1. The molecule has 0 aliphatic heterocycles. The first-order chi connectivity index (χ1) is 12.1. The number of halogens is 2. The van der Waals surface area contributed by atoms with Gasteiger partial charge in [0.2, 0.25) is 15.9 Å². The average Bonchev–Trinajstić information content (AvgIpc) is 2.57. The van der Waals surface area contributed by atoms with Gasteiger partial charge in [0.1, 0.15) is 0 Å². The van der Waals surface area contributed by atoms with Gasteiger partial charge in [0.25, 0.3) is 0 Å². The van der Waals surface area contributed by atoms with Crippen LogP contribution in [0.3, 0.4) is 0 Å². The van der Waals surface area contributed by atoms with Crippen molar-refractivity contribution < 1.29 is 13.2 Å². The summed E-state index contributed by atoms with van der Waals surface area (Å²) >= 11 is 12.0. The van der Waals surface area contributed by atoms with E-state index >= 15 is 0 Å². The third kappa shape index (κ3) is 4.67.